The van der Waals surface area contributed by atoms with E-state index in [1.165, 1.54) is 18.5 Å². The van der Waals surface area contributed by atoms with Crippen molar-refractivity contribution in [3.63, 3.8) is 0 Å². The Hall–Kier alpha value is -2.89. The number of hydrogen-bond acceptors (Lipinski definition) is 8. The summed E-state index contributed by atoms with van der Waals surface area (Å²) in [5.41, 5.74) is 2.65. The first kappa shape index (κ1) is 24.8. The maximum absolute atomic E-state index is 14.1. The lowest BCUT2D eigenvalue weighted by Gasteiger charge is -2.21. The number of rotatable bonds is 8. The lowest BCUT2D eigenvalue weighted by molar-refractivity contribution is -0.00524. The molecule has 0 amide bonds. The van der Waals surface area contributed by atoms with E-state index in [1.807, 2.05) is 19.1 Å². The average Bonchev–Trinajstić information content (AvgIpc) is 3.48. The molecule has 2 aliphatic heterocycles. The molecule has 2 fully saturated rings. The van der Waals surface area contributed by atoms with Gasteiger partial charge in [0.2, 0.25) is 0 Å². The van der Waals surface area contributed by atoms with Crippen molar-refractivity contribution in [3.05, 3.63) is 48.0 Å². The molecule has 0 saturated carbocycles. The SMILES string of the molecule is Cc1cc(N=S2(=O)CCCC2)cc2ncnc(Nc3ccc(F)cc3O[C@H]3COC[C@H]3OCCF)c12. The quantitative estimate of drug-likeness (QED) is 0.456. The Morgan fingerprint density at radius 1 is 1.17 bits per heavy atom. The second-order valence-corrected chi connectivity index (χ2v) is 11.5. The van der Waals surface area contributed by atoms with E-state index >= 15 is 0 Å². The topological polar surface area (TPSA) is 94.9 Å². The molecule has 8 nitrogen and oxygen atoms in total. The van der Waals surface area contributed by atoms with Gasteiger partial charge in [-0.2, -0.15) is 4.36 Å². The highest BCUT2D eigenvalue weighted by Gasteiger charge is 2.31. The molecular formula is C25H28F2N4O4S. The maximum Gasteiger partial charge on any atom is 0.150 e. The zero-order valence-electron chi connectivity index (χ0n) is 19.9. The van der Waals surface area contributed by atoms with Crippen LogP contribution in [-0.4, -0.2) is 64.4 Å². The van der Waals surface area contributed by atoms with Gasteiger partial charge in [-0.15, -0.1) is 0 Å². The minimum atomic E-state index is -2.21. The Balaban J connectivity index is 1.45. The standard InChI is InChI=1S/C25H28F2N4O4S/c1-16-10-18(31-36(32)8-2-3-9-36)12-20-24(16)25(29-15-28-20)30-19-5-4-17(27)11-21(19)35-23-14-33-13-22(23)34-7-6-26/h4-5,10-12,15,22-23H,2-3,6-9,13-14H2,1H3,(H,28,29,30)/t22-,23+/m1/s1. The maximum atomic E-state index is 14.1. The zero-order valence-corrected chi connectivity index (χ0v) is 20.7. The van der Waals surface area contributed by atoms with Crippen LogP contribution < -0.4 is 10.1 Å². The summed E-state index contributed by atoms with van der Waals surface area (Å²) in [7, 11) is -2.21. The van der Waals surface area contributed by atoms with E-state index in [1.54, 1.807) is 6.07 Å². The summed E-state index contributed by atoms with van der Waals surface area (Å²) < 4.78 is 61.1. The van der Waals surface area contributed by atoms with Crippen LogP contribution in [0.3, 0.4) is 0 Å². The van der Waals surface area contributed by atoms with E-state index in [0.29, 0.717) is 34.2 Å². The highest BCUT2D eigenvalue weighted by atomic mass is 32.2. The number of benzene rings is 2. The smallest absolute Gasteiger partial charge is 0.150 e. The Labute approximate surface area is 208 Å². The summed E-state index contributed by atoms with van der Waals surface area (Å²) in [6, 6.07) is 7.86. The van der Waals surface area contributed by atoms with Gasteiger partial charge in [0.05, 0.1) is 46.4 Å². The van der Waals surface area contributed by atoms with Gasteiger partial charge in [-0.25, -0.2) is 23.0 Å². The van der Waals surface area contributed by atoms with Crippen molar-refractivity contribution in [2.24, 2.45) is 4.36 Å². The largest absolute Gasteiger partial charge is 0.483 e. The number of hydrogen-bond donors (Lipinski definition) is 1. The molecule has 0 unspecified atom stereocenters. The third-order valence-electron chi connectivity index (χ3n) is 6.23. The Kier molecular flexibility index (Phi) is 7.31. The van der Waals surface area contributed by atoms with Crippen molar-refractivity contribution in [2.75, 3.05) is 43.3 Å². The molecule has 0 radical (unpaired) electrons. The second-order valence-electron chi connectivity index (χ2n) is 8.92. The number of alkyl halides is 1. The number of halogens is 2. The third-order valence-corrected chi connectivity index (χ3v) is 8.63. The third kappa shape index (κ3) is 5.42. The number of aryl methyl sites for hydroxylation is 1. The molecule has 0 bridgehead atoms. The molecule has 11 heteroatoms. The summed E-state index contributed by atoms with van der Waals surface area (Å²) in [6.07, 6.45) is 2.34. The molecule has 3 heterocycles. The first-order chi connectivity index (χ1) is 17.4. The van der Waals surface area contributed by atoms with Gasteiger partial charge in [0.1, 0.15) is 36.5 Å². The lowest BCUT2D eigenvalue weighted by atomic mass is 10.1. The fourth-order valence-electron chi connectivity index (χ4n) is 4.53. The number of nitrogens with one attached hydrogen (secondary N) is 1. The van der Waals surface area contributed by atoms with E-state index in [0.717, 1.165) is 23.8 Å². The predicted octanol–water partition coefficient (Wildman–Crippen LogP) is 4.85. The Morgan fingerprint density at radius 2 is 1.97 bits per heavy atom. The minimum Gasteiger partial charge on any atom is -0.483 e. The first-order valence-electron chi connectivity index (χ1n) is 11.9. The van der Waals surface area contributed by atoms with Crippen molar-refractivity contribution in [2.45, 2.75) is 32.0 Å². The molecule has 2 saturated heterocycles. The lowest BCUT2D eigenvalue weighted by Crippen LogP contribution is -2.33. The van der Waals surface area contributed by atoms with Gasteiger partial charge in [-0.05, 0) is 49.6 Å². The Bertz CT molecular complexity index is 1370. The van der Waals surface area contributed by atoms with Gasteiger partial charge in [0.15, 0.2) is 6.10 Å². The van der Waals surface area contributed by atoms with Gasteiger partial charge < -0.3 is 19.5 Å². The van der Waals surface area contributed by atoms with Gasteiger partial charge >= 0.3 is 0 Å². The number of nitrogens with zero attached hydrogens (tertiary/aromatic N) is 3. The van der Waals surface area contributed by atoms with Crippen LogP contribution in [0.5, 0.6) is 5.75 Å². The number of ether oxygens (including phenoxy) is 3. The van der Waals surface area contributed by atoms with Crippen molar-refractivity contribution < 1.29 is 27.2 Å². The molecule has 2 atom stereocenters. The van der Waals surface area contributed by atoms with Crippen LogP contribution in [0.25, 0.3) is 10.9 Å². The van der Waals surface area contributed by atoms with Crippen LogP contribution >= 0.6 is 0 Å². The first-order valence-corrected chi connectivity index (χ1v) is 13.8. The molecule has 36 heavy (non-hydrogen) atoms. The molecule has 1 aromatic heterocycles. The number of anilines is 2. The van der Waals surface area contributed by atoms with Gasteiger partial charge in [0, 0.05) is 23.0 Å². The molecular weight excluding hydrogens is 490 g/mol. The highest BCUT2D eigenvalue weighted by Crippen LogP contribution is 2.35. The van der Waals surface area contributed by atoms with Crippen LogP contribution in [0.2, 0.25) is 0 Å². The summed E-state index contributed by atoms with van der Waals surface area (Å²) in [5.74, 6) is 1.55. The summed E-state index contributed by atoms with van der Waals surface area (Å²) in [4.78, 5) is 8.81. The van der Waals surface area contributed by atoms with Crippen LogP contribution in [0.15, 0.2) is 41.0 Å². The van der Waals surface area contributed by atoms with Gasteiger partial charge in [0.25, 0.3) is 0 Å². The molecule has 2 aliphatic rings. The monoisotopic (exact) mass is 518 g/mol. The van der Waals surface area contributed by atoms with E-state index in [2.05, 4.69) is 19.6 Å². The van der Waals surface area contributed by atoms with Crippen molar-refractivity contribution in [3.8, 4) is 5.75 Å². The van der Waals surface area contributed by atoms with Crippen LogP contribution in [-0.2, 0) is 19.2 Å². The zero-order chi connectivity index (χ0) is 25.1. The molecule has 2 aromatic carbocycles. The molecule has 3 aromatic rings. The Morgan fingerprint density at radius 3 is 2.78 bits per heavy atom. The van der Waals surface area contributed by atoms with Crippen molar-refractivity contribution in [1.29, 1.82) is 0 Å². The average molecular weight is 519 g/mol. The summed E-state index contributed by atoms with van der Waals surface area (Å²) in [6.45, 7) is 1.78. The molecule has 5 rings (SSSR count). The van der Waals surface area contributed by atoms with E-state index in [4.69, 9.17) is 14.2 Å². The molecule has 0 aliphatic carbocycles. The fraction of sp³-hybridized carbons (Fsp3) is 0.440. The highest BCUT2D eigenvalue weighted by molar-refractivity contribution is 7.93. The van der Waals surface area contributed by atoms with Gasteiger partial charge in [-0.3, -0.25) is 0 Å². The van der Waals surface area contributed by atoms with E-state index in [-0.39, 0.29) is 25.6 Å². The predicted molar refractivity (Wildman–Crippen MR) is 134 cm³/mol. The number of fused-ring (bicyclic) bond motifs is 1. The summed E-state index contributed by atoms with van der Waals surface area (Å²) in [5, 5.41) is 4.01. The van der Waals surface area contributed by atoms with E-state index in [9.17, 15) is 13.0 Å². The number of aromatic nitrogens is 2. The summed E-state index contributed by atoms with van der Waals surface area (Å²) >= 11 is 0. The second kappa shape index (κ2) is 10.6. The molecule has 0 spiro atoms. The fourth-order valence-corrected chi connectivity index (χ4v) is 6.71. The normalized spacial score (nSPS) is 21.1. The molecule has 192 valence electrons. The van der Waals surface area contributed by atoms with Crippen LogP contribution in [0.1, 0.15) is 18.4 Å². The minimum absolute atomic E-state index is 0.0580. The van der Waals surface area contributed by atoms with Gasteiger partial charge in [-0.1, -0.05) is 0 Å². The van der Waals surface area contributed by atoms with Crippen LogP contribution in [0.4, 0.5) is 26.0 Å². The van der Waals surface area contributed by atoms with Crippen molar-refractivity contribution in [1.82, 2.24) is 9.97 Å². The van der Waals surface area contributed by atoms with Crippen molar-refractivity contribution >= 4 is 37.8 Å². The molecule has 1 N–H and O–H groups in total. The van der Waals surface area contributed by atoms with Crippen LogP contribution in [0, 0.1) is 12.7 Å². The van der Waals surface area contributed by atoms with E-state index < -0.39 is 34.4 Å².